The Bertz CT molecular complexity index is 590. The fourth-order valence-electron chi connectivity index (χ4n) is 2.62. The molecule has 0 radical (unpaired) electrons. The van der Waals surface area contributed by atoms with E-state index in [9.17, 15) is 14.9 Å². The Morgan fingerprint density at radius 3 is 2.82 bits per heavy atom. The summed E-state index contributed by atoms with van der Waals surface area (Å²) in [6.07, 6.45) is 0.842. The van der Waals surface area contributed by atoms with E-state index in [0.29, 0.717) is 31.8 Å². The van der Waals surface area contributed by atoms with Crippen molar-refractivity contribution in [1.82, 2.24) is 4.90 Å². The largest absolute Gasteiger partial charge is 0.487 e. The van der Waals surface area contributed by atoms with Crippen LogP contribution in [-0.4, -0.2) is 42.0 Å². The van der Waals surface area contributed by atoms with Crippen molar-refractivity contribution in [3.05, 3.63) is 33.9 Å². The van der Waals surface area contributed by atoms with Gasteiger partial charge in [-0.2, -0.15) is 0 Å². The van der Waals surface area contributed by atoms with Crippen LogP contribution in [0.3, 0.4) is 0 Å². The average molecular weight is 307 g/mol. The average Bonchev–Trinajstić information content (AvgIpc) is 2.90. The van der Waals surface area contributed by atoms with E-state index in [1.807, 2.05) is 6.92 Å². The summed E-state index contributed by atoms with van der Waals surface area (Å²) in [5, 5.41) is 11.1. The van der Waals surface area contributed by atoms with Gasteiger partial charge >= 0.3 is 5.69 Å². The van der Waals surface area contributed by atoms with E-state index in [2.05, 4.69) is 0 Å². The van der Waals surface area contributed by atoms with Gasteiger partial charge in [0.25, 0.3) is 5.91 Å². The molecule has 0 bridgehead atoms. The number of nitro groups is 1. The van der Waals surface area contributed by atoms with E-state index < -0.39 is 4.92 Å². The summed E-state index contributed by atoms with van der Waals surface area (Å²) in [7, 11) is 0. The third kappa shape index (κ3) is 3.19. The lowest BCUT2D eigenvalue weighted by Crippen LogP contribution is -2.34. The van der Waals surface area contributed by atoms with Crippen molar-refractivity contribution in [2.24, 2.45) is 11.1 Å². The van der Waals surface area contributed by atoms with Crippen molar-refractivity contribution in [3.8, 4) is 5.75 Å². The van der Waals surface area contributed by atoms with Gasteiger partial charge in [-0.05, 0) is 37.4 Å². The molecule has 0 saturated carbocycles. The lowest BCUT2D eigenvalue weighted by atomic mass is 9.90. The van der Waals surface area contributed by atoms with E-state index >= 15 is 0 Å². The number of benzene rings is 1. The SMILES string of the molecule is CCOc1ccc(C(=O)N2CCC(C)(CN)C2)cc1[N+](=O)[O-]. The molecule has 1 aromatic carbocycles. The highest BCUT2D eigenvalue weighted by molar-refractivity contribution is 5.95. The molecule has 1 fully saturated rings. The Hall–Kier alpha value is -2.15. The van der Waals surface area contributed by atoms with Crippen molar-refractivity contribution in [2.45, 2.75) is 20.3 Å². The van der Waals surface area contributed by atoms with Crippen molar-refractivity contribution in [3.63, 3.8) is 0 Å². The Balaban J connectivity index is 2.24. The van der Waals surface area contributed by atoms with Gasteiger partial charge in [0, 0.05) is 24.7 Å². The van der Waals surface area contributed by atoms with Gasteiger partial charge in [0.05, 0.1) is 11.5 Å². The summed E-state index contributed by atoms with van der Waals surface area (Å²) >= 11 is 0. The summed E-state index contributed by atoms with van der Waals surface area (Å²) in [4.78, 5) is 24.8. The molecule has 2 rings (SSSR count). The zero-order valence-corrected chi connectivity index (χ0v) is 12.9. The Labute approximate surface area is 129 Å². The first kappa shape index (κ1) is 16.2. The topological polar surface area (TPSA) is 98.7 Å². The maximum Gasteiger partial charge on any atom is 0.311 e. The molecular weight excluding hydrogens is 286 g/mol. The molecule has 1 heterocycles. The molecule has 0 aromatic heterocycles. The van der Waals surface area contributed by atoms with Crippen molar-refractivity contribution in [2.75, 3.05) is 26.2 Å². The molecule has 0 spiro atoms. The molecular formula is C15H21N3O4. The lowest BCUT2D eigenvalue weighted by molar-refractivity contribution is -0.385. The van der Waals surface area contributed by atoms with Gasteiger partial charge in [0.1, 0.15) is 0 Å². The number of nitrogens with two attached hydrogens (primary N) is 1. The van der Waals surface area contributed by atoms with Gasteiger partial charge in [-0.3, -0.25) is 14.9 Å². The molecule has 1 amide bonds. The highest BCUT2D eigenvalue weighted by Crippen LogP contribution is 2.32. The summed E-state index contributed by atoms with van der Waals surface area (Å²) in [6, 6.07) is 4.33. The second-order valence-electron chi connectivity index (χ2n) is 5.86. The molecule has 1 aliphatic rings. The van der Waals surface area contributed by atoms with E-state index in [1.54, 1.807) is 17.9 Å². The monoisotopic (exact) mass is 307 g/mol. The number of hydrogen-bond donors (Lipinski definition) is 1. The quantitative estimate of drug-likeness (QED) is 0.660. The number of amides is 1. The first-order valence-electron chi connectivity index (χ1n) is 7.31. The minimum Gasteiger partial charge on any atom is -0.487 e. The first-order chi connectivity index (χ1) is 10.4. The van der Waals surface area contributed by atoms with Crippen LogP contribution in [0.15, 0.2) is 18.2 Å². The molecule has 2 N–H and O–H groups in total. The number of hydrogen-bond acceptors (Lipinski definition) is 5. The molecule has 0 aliphatic carbocycles. The van der Waals surface area contributed by atoms with Crippen LogP contribution in [0.5, 0.6) is 5.75 Å². The number of nitro benzene ring substituents is 1. The molecule has 1 unspecified atom stereocenters. The van der Waals surface area contributed by atoms with Gasteiger partial charge in [0.2, 0.25) is 0 Å². The van der Waals surface area contributed by atoms with Crippen molar-refractivity contribution < 1.29 is 14.5 Å². The van der Waals surface area contributed by atoms with E-state index in [0.717, 1.165) is 6.42 Å². The van der Waals surface area contributed by atoms with Gasteiger partial charge in [-0.15, -0.1) is 0 Å². The Morgan fingerprint density at radius 1 is 1.55 bits per heavy atom. The Kier molecular flexibility index (Phi) is 4.65. The second-order valence-corrected chi connectivity index (χ2v) is 5.86. The minimum absolute atomic E-state index is 0.0765. The molecule has 1 aliphatic heterocycles. The van der Waals surface area contributed by atoms with Gasteiger partial charge < -0.3 is 15.4 Å². The molecule has 1 saturated heterocycles. The first-order valence-corrected chi connectivity index (χ1v) is 7.31. The third-order valence-electron chi connectivity index (χ3n) is 4.04. The van der Waals surface area contributed by atoms with Crippen molar-refractivity contribution in [1.29, 1.82) is 0 Å². The highest BCUT2D eigenvalue weighted by atomic mass is 16.6. The van der Waals surface area contributed by atoms with Crippen LogP contribution < -0.4 is 10.5 Å². The summed E-state index contributed by atoms with van der Waals surface area (Å²) in [5.41, 5.74) is 5.78. The van der Waals surface area contributed by atoms with Crippen LogP contribution in [0.4, 0.5) is 5.69 Å². The predicted molar refractivity (Wildman–Crippen MR) is 81.9 cm³/mol. The number of likely N-dealkylation sites (tertiary alicyclic amines) is 1. The minimum atomic E-state index is -0.532. The van der Waals surface area contributed by atoms with Crippen molar-refractivity contribution >= 4 is 11.6 Å². The molecule has 1 aromatic rings. The number of nitrogens with zero attached hydrogens (tertiary/aromatic N) is 2. The summed E-state index contributed by atoms with van der Waals surface area (Å²) < 4.78 is 5.23. The predicted octanol–water partition coefficient (Wildman–Crippen LogP) is 1.80. The van der Waals surface area contributed by atoms with Gasteiger partial charge in [0.15, 0.2) is 5.75 Å². The van der Waals surface area contributed by atoms with E-state index in [-0.39, 0.29) is 22.8 Å². The molecule has 22 heavy (non-hydrogen) atoms. The van der Waals surface area contributed by atoms with Crippen LogP contribution >= 0.6 is 0 Å². The second kappa shape index (κ2) is 6.31. The summed E-state index contributed by atoms with van der Waals surface area (Å²) in [6.45, 7) is 5.83. The normalized spacial score (nSPS) is 21.0. The smallest absolute Gasteiger partial charge is 0.311 e. The zero-order chi connectivity index (χ0) is 16.3. The van der Waals surface area contributed by atoms with Crippen LogP contribution in [0.2, 0.25) is 0 Å². The van der Waals surface area contributed by atoms with Crippen LogP contribution in [0, 0.1) is 15.5 Å². The maximum atomic E-state index is 12.5. The van der Waals surface area contributed by atoms with E-state index in [4.69, 9.17) is 10.5 Å². The zero-order valence-electron chi connectivity index (χ0n) is 12.9. The highest BCUT2D eigenvalue weighted by Gasteiger charge is 2.35. The van der Waals surface area contributed by atoms with Gasteiger partial charge in [-0.1, -0.05) is 6.92 Å². The lowest BCUT2D eigenvalue weighted by Gasteiger charge is -2.22. The number of carbonyl (C=O) groups is 1. The number of carbonyl (C=O) groups excluding carboxylic acids is 1. The summed E-state index contributed by atoms with van der Waals surface area (Å²) in [5.74, 6) is -0.0272. The maximum absolute atomic E-state index is 12.5. The molecule has 120 valence electrons. The van der Waals surface area contributed by atoms with Crippen LogP contribution in [0.25, 0.3) is 0 Å². The Morgan fingerprint density at radius 2 is 2.27 bits per heavy atom. The van der Waals surface area contributed by atoms with Gasteiger partial charge in [-0.25, -0.2) is 0 Å². The fourth-order valence-corrected chi connectivity index (χ4v) is 2.62. The third-order valence-corrected chi connectivity index (χ3v) is 4.04. The standard InChI is InChI=1S/C15H21N3O4/c1-3-22-13-5-4-11(8-12(13)18(20)21)14(19)17-7-6-15(2,9-16)10-17/h4-5,8H,3,6-7,9-10,16H2,1-2H3. The number of rotatable bonds is 5. The van der Waals surface area contributed by atoms with Crippen LogP contribution in [-0.2, 0) is 0 Å². The number of ether oxygens (including phenoxy) is 1. The molecule has 7 nitrogen and oxygen atoms in total. The van der Waals surface area contributed by atoms with Crippen LogP contribution in [0.1, 0.15) is 30.6 Å². The fraction of sp³-hybridized carbons (Fsp3) is 0.533. The molecule has 1 atom stereocenters. The molecule has 7 heteroatoms. The van der Waals surface area contributed by atoms with E-state index in [1.165, 1.54) is 12.1 Å².